The van der Waals surface area contributed by atoms with E-state index in [4.69, 9.17) is 27.9 Å². The van der Waals surface area contributed by atoms with E-state index in [9.17, 15) is 8.42 Å². The Kier molecular flexibility index (Phi) is 7.64. The second-order valence-electron chi connectivity index (χ2n) is 8.24. The molecule has 10 heteroatoms. The lowest BCUT2D eigenvalue weighted by molar-refractivity contribution is 0.312. The number of likely N-dealkylation sites (N-methyl/N-ethyl adjacent to an activating group) is 1. The van der Waals surface area contributed by atoms with Crippen LogP contribution in [-0.4, -0.2) is 51.5 Å². The summed E-state index contributed by atoms with van der Waals surface area (Å²) in [7, 11) is -1.68. The largest absolute Gasteiger partial charge is 0.439 e. The molecule has 0 aliphatic carbocycles. The van der Waals surface area contributed by atoms with E-state index in [1.54, 1.807) is 25.3 Å². The molecule has 1 fully saturated rings. The van der Waals surface area contributed by atoms with Gasteiger partial charge in [-0.05, 0) is 55.9 Å². The number of piperazine rings is 1. The van der Waals surface area contributed by atoms with Crippen LogP contribution in [-0.2, 0) is 10.0 Å². The molecule has 3 aromatic rings. The van der Waals surface area contributed by atoms with Crippen LogP contribution in [0.15, 0.2) is 65.7 Å². The number of aromatic nitrogens is 1. The SMILES string of the molecule is CC(NS(=O)(=O)c1ccc(Cl)c(Cl)c1)c1ccnc(Oc2cccc(N3CCN(C)CC3)c2)c1. The molecule has 4 rings (SSSR count). The number of nitrogens with zero attached hydrogens (tertiary/aromatic N) is 3. The summed E-state index contributed by atoms with van der Waals surface area (Å²) < 4.78 is 34.3. The first-order valence-corrected chi connectivity index (χ1v) is 13.1. The first-order valence-electron chi connectivity index (χ1n) is 10.9. The molecule has 0 saturated carbocycles. The van der Waals surface area contributed by atoms with Gasteiger partial charge >= 0.3 is 0 Å². The zero-order chi connectivity index (χ0) is 24.3. The normalized spacial score (nSPS) is 15.8. The Hall–Kier alpha value is -2.36. The topological polar surface area (TPSA) is 74.8 Å². The molecule has 1 N–H and O–H groups in total. The maximum Gasteiger partial charge on any atom is 0.241 e. The van der Waals surface area contributed by atoms with Crippen molar-refractivity contribution in [3.63, 3.8) is 0 Å². The Labute approximate surface area is 210 Å². The first kappa shape index (κ1) is 24.8. The molecule has 1 aliphatic heterocycles. The van der Waals surface area contributed by atoms with E-state index in [-0.39, 0.29) is 9.92 Å². The van der Waals surface area contributed by atoms with E-state index in [1.165, 1.54) is 18.2 Å². The van der Waals surface area contributed by atoms with Crippen LogP contribution in [0.2, 0.25) is 10.0 Å². The number of anilines is 1. The Morgan fingerprint density at radius 3 is 2.50 bits per heavy atom. The fourth-order valence-corrected chi connectivity index (χ4v) is 5.31. The molecule has 0 amide bonds. The molecule has 1 aromatic heterocycles. The van der Waals surface area contributed by atoms with Gasteiger partial charge in [0.15, 0.2) is 0 Å². The number of nitrogens with one attached hydrogen (secondary N) is 1. The average Bonchev–Trinajstić information content (AvgIpc) is 2.81. The van der Waals surface area contributed by atoms with Gasteiger partial charge in [0, 0.05) is 56.2 Å². The average molecular weight is 521 g/mol. The van der Waals surface area contributed by atoms with Crippen LogP contribution in [0.4, 0.5) is 5.69 Å². The summed E-state index contributed by atoms with van der Waals surface area (Å²) in [5, 5.41) is 0.469. The monoisotopic (exact) mass is 520 g/mol. The number of rotatable bonds is 7. The zero-order valence-electron chi connectivity index (χ0n) is 18.9. The van der Waals surface area contributed by atoms with E-state index >= 15 is 0 Å². The van der Waals surface area contributed by atoms with Gasteiger partial charge in [0.05, 0.1) is 14.9 Å². The molecule has 180 valence electrons. The maximum absolute atomic E-state index is 12.8. The van der Waals surface area contributed by atoms with Gasteiger partial charge < -0.3 is 14.5 Å². The van der Waals surface area contributed by atoms with Crippen molar-refractivity contribution < 1.29 is 13.2 Å². The van der Waals surface area contributed by atoms with Gasteiger partial charge in [-0.25, -0.2) is 18.1 Å². The van der Waals surface area contributed by atoms with Crippen LogP contribution in [0.3, 0.4) is 0 Å². The Balaban J connectivity index is 1.46. The molecule has 0 bridgehead atoms. The van der Waals surface area contributed by atoms with Gasteiger partial charge in [-0.3, -0.25) is 0 Å². The summed E-state index contributed by atoms with van der Waals surface area (Å²) in [4.78, 5) is 8.97. The predicted molar refractivity (Wildman–Crippen MR) is 136 cm³/mol. The van der Waals surface area contributed by atoms with Gasteiger partial charge in [-0.2, -0.15) is 0 Å². The van der Waals surface area contributed by atoms with E-state index in [2.05, 4.69) is 32.6 Å². The number of ether oxygens (including phenoxy) is 1. The number of pyridine rings is 1. The van der Waals surface area contributed by atoms with Crippen molar-refractivity contribution in [3.05, 3.63) is 76.4 Å². The maximum atomic E-state index is 12.8. The zero-order valence-corrected chi connectivity index (χ0v) is 21.2. The standard InChI is InChI=1S/C24H26Cl2N4O3S/c1-17(28-34(31,32)21-6-7-22(25)23(26)16-21)18-8-9-27-24(14-18)33-20-5-3-4-19(15-20)30-12-10-29(2)11-13-30/h3-9,14-17,28H,10-13H2,1-2H3. The minimum atomic E-state index is -3.80. The lowest BCUT2D eigenvalue weighted by Gasteiger charge is -2.34. The Morgan fingerprint density at radius 1 is 1.00 bits per heavy atom. The molecule has 1 aliphatic rings. The Bertz CT molecular complexity index is 1260. The fourth-order valence-electron chi connectivity index (χ4n) is 3.69. The summed E-state index contributed by atoms with van der Waals surface area (Å²) in [6, 6.07) is 15.0. The lowest BCUT2D eigenvalue weighted by atomic mass is 10.1. The first-order chi connectivity index (χ1) is 16.2. The molecule has 1 unspecified atom stereocenters. The highest BCUT2D eigenvalue weighted by Gasteiger charge is 2.20. The van der Waals surface area contributed by atoms with Crippen LogP contribution < -0.4 is 14.4 Å². The van der Waals surface area contributed by atoms with Gasteiger partial charge in [-0.1, -0.05) is 29.3 Å². The van der Waals surface area contributed by atoms with Crippen LogP contribution in [0.5, 0.6) is 11.6 Å². The minimum absolute atomic E-state index is 0.0417. The molecule has 0 radical (unpaired) electrons. The highest BCUT2D eigenvalue weighted by atomic mass is 35.5. The van der Waals surface area contributed by atoms with E-state index in [0.717, 1.165) is 31.9 Å². The van der Waals surface area contributed by atoms with Crippen molar-refractivity contribution in [2.24, 2.45) is 0 Å². The number of sulfonamides is 1. The molecule has 34 heavy (non-hydrogen) atoms. The predicted octanol–water partition coefficient (Wildman–Crippen LogP) is 4.97. The highest BCUT2D eigenvalue weighted by Crippen LogP contribution is 2.28. The van der Waals surface area contributed by atoms with Gasteiger partial charge in [0.2, 0.25) is 15.9 Å². The van der Waals surface area contributed by atoms with Crippen molar-refractivity contribution in [2.75, 3.05) is 38.1 Å². The quantitative estimate of drug-likeness (QED) is 0.473. The van der Waals surface area contributed by atoms with Gasteiger partial charge in [0.25, 0.3) is 0 Å². The van der Waals surface area contributed by atoms with Crippen molar-refractivity contribution in [1.82, 2.24) is 14.6 Å². The van der Waals surface area contributed by atoms with Crippen molar-refractivity contribution in [1.29, 1.82) is 0 Å². The second kappa shape index (κ2) is 10.5. The van der Waals surface area contributed by atoms with Gasteiger partial charge in [0.1, 0.15) is 5.75 Å². The minimum Gasteiger partial charge on any atom is -0.439 e. The molecule has 1 atom stereocenters. The third-order valence-corrected chi connectivity index (χ3v) is 7.98. The molecule has 7 nitrogen and oxygen atoms in total. The lowest BCUT2D eigenvalue weighted by Crippen LogP contribution is -2.44. The summed E-state index contributed by atoms with van der Waals surface area (Å²) >= 11 is 11.9. The molecule has 2 aromatic carbocycles. The number of hydrogen-bond acceptors (Lipinski definition) is 6. The summed E-state index contributed by atoms with van der Waals surface area (Å²) in [6.07, 6.45) is 1.60. The van der Waals surface area contributed by atoms with E-state index in [0.29, 0.717) is 22.2 Å². The fraction of sp³-hybridized carbons (Fsp3) is 0.292. The molecule has 2 heterocycles. The molecule has 0 spiro atoms. The van der Waals surface area contributed by atoms with Crippen LogP contribution in [0, 0.1) is 0 Å². The van der Waals surface area contributed by atoms with E-state index in [1.807, 2.05) is 18.2 Å². The van der Waals surface area contributed by atoms with Crippen LogP contribution in [0.25, 0.3) is 0 Å². The van der Waals surface area contributed by atoms with Crippen molar-refractivity contribution in [2.45, 2.75) is 17.9 Å². The Morgan fingerprint density at radius 2 is 1.76 bits per heavy atom. The highest BCUT2D eigenvalue weighted by molar-refractivity contribution is 7.89. The number of halogens is 2. The molecule has 1 saturated heterocycles. The summed E-state index contributed by atoms with van der Waals surface area (Å²) in [5.74, 6) is 1.05. The van der Waals surface area contributed by atoms with E-state index < -0.39 is 16.1 Å². The third-order valence-electron chi connectivity index (χ3n) is 5.70. The van der Waals surface area contributed by atoms with Gasteiger partial charge in [-0.15, -0.1) is 0 Å². The summed E-state index contributed by atoms with van der Waals surface area (Å²) in [6.45, 7) is 5.71. The van der Waals surface area contributed by atoms with Crippen LogP contribution in [0.1, 0.15) is 18.5 Å². The second-order valence-corrected chi connectivity index (χ2v) is 10.8. The number of benzene rings is 2. The smallest absolute Gasteiger partial charge is 0.241 e. The molecular weight excluding hydrogens is 495 g/mol. The van der Waals surface area contributed by atoms with Crippen molar-refractivity contribution in [3.8, 4) is 11.6 Å². The van der Waals surface area contributed by atoms with Crippen molar-refractivity contribution >= 4 is 38.9 Å². The molecular formula is C24H26Cl2N4O3S. The van der Waals surface area contributed by atoms with Crippen LogP contribution >= 0.6 is 23.2 Å². The third kappa shape index (κ3) is 6.00. The summed E-state index contributed by atoms with van der Waals surface area (Å²) in [5.41, 5.74) is 1.81. The number of hydrogen-bond donors (Lipinski definition) is 1.